The zero-order valence-corrected chi connectivity index (χ0v) is 11.3. The fourth-order valence-corrected chi connectivity index (χ4v) is 2.44. The summed E-state index contributed by atoms with van der Waals surface area (Å²) in [6.07, 6.45) is 2.01. The van der Waals surface area contributed by atoms with Crippen molar-refractivity contribution >= 4 is 28.5 Å². The molecule has 0 unspecified atom stereocenters. The molecule has 3 aromatic rings. The van der Waals surface area contributed by atoms with Crippen LogP contribution in [-0.2, 0) is 6.54 Å². The lowest BCUT2D eigenvalue weighted by molar-refractivity contribution is 0.0697. The van der Waals surface area contributed by atoms with Crippen molar-refractivity contribution in [2.45, 2.75) is 6.54 Å². The normalized spacial score (nSPS) is 10.8. The first-order valence-electron chi connectivity index (χ1n) is 6.20. The van der Waals surface area contributed by atoms with Crippen molar-refractivity contribution in [2.24, 2.45) is 0 Å². The standard InChI is InChI=1S/C16H12ClNO2/c17-14-5-6-15-13(9-14)7-8-18(15)10-11-1-3-12(4-2-11)16(19)20/h1-9H,10H2,(H,19,20). The second-order valence-corrected chi connectivity index (χ2v) is 5.09. The van der Waals surface area contributed by atoms with Gasteiger partial charge in [-0.2, -0.15) is 0 Å². The molecule has 0 aliphatic rings. The third-order valence-electron chi connectivity index (χ3n) is 3.29. The van der Waals surface area contributed by atoms with Crippen LogP contribution in [0.3, 0.4) is 0 Å². The number of nitrogens with zero attached hydrogens (tertiary/aromatic N) is 1. The quantitative estimate of drug-likeness (QED) is 0.789. The van der Waals surface area contributed by atoms with E-state index in [1.807, 2.05) is 42.6 Å². The van der Waals surface area contributed by atoms with E-state index in [1.54, 1.807) is 12.1 Å². The Hall–Kier alpha value is -2.26. The van der Waals surface area contributed by atoms with Crippen molar-refractivity contribution in [3.05, 3.63) is 70.9 Å². The maximum atomic E-state index is 10.8. The molecule has 3 rings (SSSR count). The smallest absolute Gasteiger partial charge is 0.335 e. The predicted molar refractivity (Wildman–Crippen MR) is 79.5 cm³/mol. The zero-order chi connectivity index (χ0) is 14.1. The number of carboxylic acid groups (broad SMARTS) is 1. The van der Waals surface area contributed by atoms with Crippen molar-refractivity contribution in [1.82, 2.24) is 4.57 Å². The molecule has 0 amide bonds. The van der Waals surface area contributed by atoms with Crippen LogP contribution in [0.4, 0.5) is 0 Å². The van der Waals surface area contributed by atoms with Gasteiger partial charge in [0.2, 0.25) is 0 Å². The van der Waals surface area contributed by atoms with E-state index >= 15 is 0 Å². The van der Waals surface area contributed by atoms with Crippen molar-refractivity contribution < 1.29 is 9.90 Å². The van der Waals surface area contributed by atoms with Crippen LogP contribution in [0.1, 0.15) is 15.9 Å². The summed E-state index contributed by atoms with van der Waals surface area (Å²) in [6.45, 7) is 0.699. The molecule has 3 nitrogen and oxygen atoms in total. The van der Waals surface area contributed by atoms with Crippen LogP contribution in [0.25, 0.3) is 10.9 Å². The molecule has 0 aliphatic heterocycles. The van der Waals surface area contributed by atoms with Gasteiger partial charge >= 0.3 is 5.97 Å². The summed E-state index contributed by atoms with van der Waals surface area (Å²) in [5, 5.41) is 10.7. The monoisotopic (exact) mass is 285 g/mol. The first kappa shape index (κ1) is 12.8. The molecule has 0 saturated heterocycles. The summed E-state index contributed by atoms with van der Waals surface area (Å²) < 4.78 is 2.11. The molecule has 0 aliphatic carbocycles. The van der Waals surface area contributed by atoms with Gasteiger partial charge < -0.3 is 9.67 Å². The first-order chi connectivity index (χ1) is 9.63. The van der Waals surface area contributed by atoms with E-state index in [2.05, 4.69) is 4.57 Å². The molecule has 1 aromatic heterocycles. The summed E-state index contributed by atoms with van der Waals surface area (Å²) >= 11 is 5.97. The molecule has 0 atom stereocenters. The molecular formula is C16H12ClNO2. The van der Waals surface area contributed by atoms with Gasteiger partial charge in [-0.25, -0.2) is 4.79 Å². The molecule has 0 saturated carbocycles. The Morgan fingerprint density at radius 2 is 1.85 bits per heavy atom. The van der Waals surface area contributed by atoms with Gasteiger partial charge in [0.25, 0.3) is 0 Å². The van der Waals surface area contributed by atoms with Gasteiger partial charge in [-0.05, 0) is 42.0 Å². The topological polar surface area (TPSA) is 42.2 Å². The minimum absolute atomic E-state index is 0.304. The maximum Gasteiger partial charge on any atom is 0.335 e. The molecule has 20 heavy (non-hydrogen) atoms. The van der Waals surface area contributed by atoms with E-state index in [4.69, 9.17) is 16.7 Å². The van der Waals surface area contributed by atoms with Gasteiger partial charge in [0.05, 0.1) is 5.56 Å². The van der Waals surface area contributed by atoms with Gasteiger partial charge in [-0.3, -0.25) is 0 Å². The first-order valence-corrected chi connectivity index (χ1v) is 6.58. The fraction of sp³-hybridized carbons (Fsp3) is 0.0625. The lowest BCUT2D eigenvalue weighted by atomic mass is 10.1. The highest BCUT2D eigenvalue weighted by Crippen LogP contribution is 2.21. The van der Waals surface area contributed by atoms with Crippen LogP contribution in [-0.4, -0.2) is 15.6 Å². The molecular weight excluding hydrogens is 274 g/mol. The Kier molecular flexibility index (Phi) is 3.20. The highest BCUT2D eigenvalue weighted by molar-refractivity contribution is 6.31. The Morgan fingerprint density at radius 3 is 2.55 bits per heavy atom. The van der Waals surface area contributed by atoms with Crippen LogP contribution < -0.4 is 0 Å². The number of hydrogen-bond acceptors (Lipinski definition) is 1. The average molecular weight is 286 g/mol. The number of carboxylic acids is 1. The fourth-order valence-electron chi connectivity index (χ4n) is 2.26. The molecule has 1 heterocycles. The number of benzene rings is 2. The number of aromatic nitrogens is 1. The second kappa shape index (κ2) is 5.02. The average Bonchev–Trinajstić information content (AvgIpc) is 2.81. The van der Waals surface area contributed by atoms with Crippen molar-refractivity contribution in [3.63, 3.8) is 0 Å². The van der Waals surface area contributed by atoms with E-state index in [-0.39, 0.29) is 0 Å². The Morgan fingerprint density at radius 1 is 1.10 bits per heavy atom. The largest absolute Gasteiger partial charge is 0.478 e. The van der Waals surface area contributed by atoms with Crippen molar-refractivity contribution in [3.8, 4) is 0 Å². The third kappa shape index (κ3) is 2.40. The number of halogens is 1. The molecule has 0 radical (unpaired) electrons. The third-order valence-corrected chi connectivity index (χ3v) is 3.52. The highest BCUT2D eigenvalue weighted by Gasteiger charge is 2.04. The van der Waals surface area contributed by atoms with E-state index in [0.29, 0.717) is 12.1 Å². The predicted octanol–water partition coefficient (Wildman–Crippen LogP) is 4.04. The molecule has 4 heteroatoms. The minimum Gasteiger partial charge on any atom is -0.478 e. The lowest BCUT2D eigenvalue weighted by Gasteiger charge is -2.06. The van der Waals surface area contributed by atoms with Crippen LogP contribution in [0, 0.1) is 0 Å². The van der Waals surface area contributed by atoms with Crippen LogP contribution in [0.2, 0.25) is 5.02 Å². The van der Waals surface area contributed by atoms with Gasteiger partial charge in [-0.1, -0.05) is 23.7 Å². The summed E-state index contributed by atoms with van der Waals surface area (Å²) in [4.78, 5) is 10.8. The molecule has 0 fully saturated rings. The highest BCUT2D eigenvalue weighted by atomic mass is 35.5. The Balaban J connectivity index is 1.91. The van der Waals surface area contributed by atoms with Gasteiger partial charge in [0.15, 0.2) is 0 Å². The van der Waals surface area contributed by atoms with Crippen LogP contribution >= 0.6 is 11.6 Å². The van der Waals surface area contributed by atoms with E-state index < -0.39 is 5.97 Å². The SMILES string of the molecule is O=C(O)c1ccc(Cn2ccc3cc(Cl)ccc32)cc1. The number of aromatic carboxylic acids is 1. The van der Waals surface area contributed by atoms with Gasteiger partial charge in [-0.15, -0.1) is 0 Å². The van der Waals surface area contributed by atoms with E-state index in [9.17, 15) is 4.79 Å². The number of fused-ring (bicyclic) bond motifs is 1. The van der Waals surface area contributed by atoms with E-state index in [0.717, 1.165) is 21.5 Å². The van der Waals surface area contributed by atoms with Gasteiger partial charge in [0.1, 0.15) is 0 Å². The lowest BCUT2D eigenvalue weighted by Crippen LogP contribution is -2.00. The second-order valence-electron chi connectivity index (χ2n) is 4.65. The summed E-state index contributed by atoms with van der Waals surface area (Å²) in [7, 11) is 0. The van der Waals surface area contributed by atoms with Crippen molar-refractivity contribution in [1.29, 1.82) is 0 Å². The van der Waals surface area contributed by atoms with Crippen molar-refractivity contribution in [2.75, 3.05) is 0 Å². The number of hydrogen-bond donors (Lipinski definition) is 1. The zero-order valence-electron chi connectivity index (χ0n) is 10.6. The van der Waals surface area contributed by atoms with Crippen LogP contribution in [0.5, 0.6) is 0 Å². The summed E-state index contributed by atoms with van der Waals surface area (Å²) in [5.41, 5.74) is 2.47. The van der Waals surface area contributed by atoms with Crippen LogP contribution in [0.15, 0.2) is 54.7 Å². The number of carbonyl (C=O) groups is 1. The summed E-state index contributed by atoms with van der Waals surface area (Å²) in [5.74, 6) is -0.905. The molecule has 2 aromatic carbocycles. The minimum atomic E-state index is -0.905. The molecule has 0 spiro atoms. The van der Waals surface area contributed by atoms with E-state index in [1.165, 1.54) is 0 Å². The molecule has 1 N–H and O–H groups in total. The molecule has 0 bridgehead atoms. The Labute approximate surface area is 121 Å². The molecule has 100 valence electrons. The Bertz CT molecular complexity index is 775. The number of rotatable bonds is 3. The maximum absolute atomic E-state index is 10.8. The van der Waals surface area contributed by atoms with Gasteiger partial charge in [0, 0.05) is 28.7 Å². The summed E-state index contributed by atoms with van der Waals surface area (Å²) in [6, 6.07) is 14.7.